The van der Waals surface area contributed by atoms with Gasteiger partial charge in [0, 0.05) is 6.04 Å². The van der Waals surface area contributed by atoms with Crippen molar-refractivity contribution in [1.82, 2.24) is 0 Å². The molecule has 1 heteroatoms. The predicted molar refractivity (Wildman–Crippen MR) is 53.0 cm³/mol. The summed E-state index contributed by atoms with van der Waals surface area (Å²) in [7, 11) is 0. The summed E-state index contributed by atoms with van der Waals surface area (Å²) in [6, 6.07) is 8.74. The van der Waals surface area contributed by atoms with Gasteiger partial charge in [0.15, 0.2) is 0 Å². The molecule has 0 unspecified atom stereocenters. The maximum Gasteiger partial charge on any atom is 0.0292 e. The lowest BCUT2D eigenvalue weighted by molar-refractivity contribution is 0.697. The fourth-order valence-corrected chi connectivity index (χ4v) is 1.28. The molecule has 0 amide bonds. The van der Waals surface area contributed by atoms with Crippen LogP contribution in [-0.4, -0.2) is 0 Å². The fraction of sp³-hybridized carbons (Fsp3) is 0.455. The van der Waals surface area contributed by atoms with Gasteiger partial charge < -0.3 is 5.73 Å². The Kier molecular flexibility index (Phi) is 3.30. The van der Waals surface area contributed by atoms with Crippen molar-refractivity contribution in [3.05, 3.63) is 35.4 Å². The van der Waals surface area contributed by atoms with Gasteiger partial charge in [-0.1, -0.05) is 38.1 Å². The molecular formula is C11H17N. The lowest BCUT2D eigenvalue weighted by Gasteiger charge is -2.09. The Balaban J connectivity index is 2.86. The Bertz CT molecular complexity index is 243. The van der Waals surface area contributed by atoms with Crippen molar-refractivity contribution in [1.29, 1.82) is 0 Å². The van der Waals surface area contributed by atoms with Crippen LogP contribution in [-0.2, 0) is 6.42 Å². The molecule has 1 nitrogen and oxygen atoms in total. The van der Waals surface area contributed by atoms with Crippen LogP contribution in [0.1, 0.15) is 37.4 Å². The molecule has 0 heterocycles. The van der Waals surface area contributed by atoms with E-state index >= 15 is 0 Å². The van der Waals surface area contributed by atoms with Gasteiger partial charge in [-0.3, -0.25) is 0 Å². The molecule has 66 valence electrons. The third-order valence-electron chi connectivity index (χ3n) is 2.23. The van der Waals surface area contributed by atoms with E-state index in [1.165, 1.54) is 11.1 Å². The lowest BCUT2D eigenvalue weighted by Crippen LogP contribution is -2.08. The van der Waals surface area contributed by atoms with Crippen molar-refractivity contribution < 1.29 is 0 Å². The van der Waals surface area contributed by atoms with E-state index in [0.29, 0.717) is 0 Å². The first-order valence-electron chi connectivity index (χ1n) is 4.62. The summed E-state index contributed by atoms with van der Waals surface area (Å²) in [6.07, 6.45) is 2.09. The molecule has 0 aromatic heterocycles. The van der Waals surface area contributed by atoms with Crippen LogP contribution in [0, 0.1) is 0 Å². The number of hydrogen-bond acceptors (Lipinski definition) is 1. The molecule has 1 aromatic carbocycles. The maximum absolute atomic E-state index is 5.92. The molecule has 0 aliphatic carbocycles. The average Bonchev–Trinajstić information content (AvgIpc) is 2.17. The van der Waals surface area contributed by atoms with Crippen LogP contribution < -0.4 is 5.73 Å². The van der Waals surface area contributed by atoms with Crippen molar-refractivity contribution in [2.75, 3.05) is 0 Å². The molecule has 0 bridgehead atoms. The Hall–Kier alpha value is -0.820. The summed E-state index contributed by atoms with van der Waals surface area (Å²) in [6.45, 7) is 4.28. The van der Waals surface area contributed by atoms with Crippen LogP contribution in [0.3, 0.4) is 0 Å². The van der Waals surface area contributed by atoms with Crippen LogP contribution in [0.25, 0.3) is 0 Å². The van der Waals surface area contributed by atoms with Gasteiger partial charge in [-0.15, -0.1) is 0 Å². The molecule has 0 fully saturated rings. The average molecular weight is 163 g/mol. The topological polar surface area (TPSA) is 26.0 Å². The van der Waals surface area contributed by atoms with E-state index in [1.807, 2.05) is 0 Å². The predicted octanol–water partition coefficient (Wildman–Crippen LogP) is 2.66. The minimum absolute atomic E-state index is 0.205. The number of benzene rings is 1. The lowest BCUT2D eigenvalue weighted by atomic mass is 10.0. The summed E-state index contributed by atoms with van der Waals surface area (Å²) >= 11 is 0. The van der Waals surface area contributed by atoms with E-state index < -0.39 is 0 Å². The van der Waals surface area contributed by atoms with Gasteiger partial charge >= 0.3 is 0 Å². The first-order valence-corrected chi connectivity index (χ1v) is 4.62. The van der Waals surface area contributed by atoms with E-state index in [9.17, 15) is 0 Å². The highest BCUT2D eigenvalue weighted by molar-refractivity contribution is 5.25. The first-order chi connectivity index (χ1) is 5.77. The Labute approximate surface area is 74.6 Å². The second-order valence-corrected chi connectivity index (χ2v) is 3.11. The molecule has 1 rings (SSSR count). The van der Waals surface area contributed by atoms with Crippen LogP contribution >= 0.6 is 0 Å². The molecule has 2 N–H and O–H groups in total. The smallest absolute Gasteiger partial charge is 0.0292 e. The van der Waals surface area contributed by atoms with Gasteiger partial charge in [0.05, 0.1) is 0 Å². The number of hydrogen-bond donors (Lipinski definition) is 1. The van der Waals surface area contributed by atoms with Crippen molar-refractivity contribution in [3.63, 3.8) is 0 Å². The van der Waals surface area contributed by atoms with Crippen molar-refractivity contribution in [3.8, 4) is 0 Å². The van der Waals surface area contributed by atoms with Crippen LogP contribution in [0.4, 0.5) is 0 Å². The van der Waals surface area contributed by atoms with Gasteiger partial charge in [-0.05, 0) is 24.0 Å². The first kappa shape index (κ1) is 9.27. The largest absolute Gasteiger partial charge is 0.324 e. The zero-order valence-corrected chi connectivity index (χ0v) is 7.88. The molecular weight excluding hydrogens is 146 g/mol. The minimum atomic E-state index is 0.205. The SMILES string of the molecule is CCc1cccc([C@@H](N)CC)c1. The van der Waals surface area contributed by atoms with Crippen LogP contribution in [0.5, 0.6) is 0 Å². The van der Waals surface area contributed by atoms with Gasteiger partial charge in [0.1, 0.15) is 0 Å². The maximum atomic E-state index is 5.92. The fourth-order valence-electron chi connectivity index (χ4n) is 1.28. The second-order valence-electron chi connectivity index (χ2n) is 3.11. The number of rotatable bonds is 3. The summed E-state index contributed by atoms with van der Waals surface area (Å²) in [5.41, 5.74) is 8.55. The summed E-state index contributed by atoms with van der Waals surface area (Å²) in [5.74, 6) is 0. The summed E-state index contributed by atoms with van der Waals surface area (Å²) in [4.78, 5) is 0. The van der Waals surface area contributed by atoms with Gasteiger partial charge in [-0.25, -0.2) is 0 Å². The third-order valence-corrected chi connectivity index (χ3v) is 2.23. The van der Waals surface area contributed by atoms with Crippen molar-refractivity contribution in [2.45, 2.75) is 32.7 Å². The van der Waals surface area contributed by atoms with E-state index in [0.717, 1.165) is 12.8 Å². The highest BCUT2D eigenvalue weighted by atomic mass is 14.6. The normalized spacial score (nSPS) is 12.9. The van der Waals surface area contributed by atoms with E-state index in [1.54, 1.807) is 0 Å². The minimum Gasteiger partial charge on any atom is -0.324 e. The molecule has 1 atom stereocenters. The van der Waals surface area contributed by atoms with Gasteiger partial charge in [0.2, 0.25) is 0 Å². The number of nitrogens with two attached hydrogens (primary N) is 1. The molecule has 0 spiro atoms. The van der Waals surface area contributed by atoms with Gasteiger partial charge in [0.25, 0.3) is 0 Å². The zero-order chi connectivity index (χ0) is 8.97. The Morgan fingerprint density at radius 3 is 2.67 bits per heavy atom. The van der Waals surface area contributed by atoms with Crippen molar-refractivity contribution in [2.24, 2.45) is 5.73 Å². The Morgan fingerprint density at radius 2 is 2.08 bits per heavy atom. The standard InChI is InChI=1S/C11H17N/c1-3-9-6-5-7-10(8-9)11(12)4-2/h5-8,11H,3-4,12H2,1-2H3/t11-/m0/s1. The molecule has 0 saturated carbocycles. The highest BCUT2D eigenvalue weighted by Crippen LogP contribution is 2.15. The van der Waals surface area contributed by atoms with Gasteiger partial charge in [-0.2, -0.15) is 0 Å². The van der Waals surface area contributed by atoms with E-state index in [-0.39, 0.29) is 6.04 Å². The number of aryl methyl sites for hydroxylation is 1. The third kappa shape index (κ3) is 2.08. The summed E-state index contributed by atoms with van der Waals surface area (Å²) < 4.78 is 0. The van der Waals surface area contributed by atoms with E-state index in [4.69, 9.17) is 5.73 Å². The summed E-state index contributed by atoms with van der Waals surface area (Å²) in [5, 5.41) is 0. The molecule has 0 aliphatic rings. The Morgan fingerprint density at radius 1 is 1.33 bits per heavy atom. The molecule has 1 aromatic rings. The molecule has 12 heavy (non-hydrogen) atoms. The molecule has 0 aliphatic heterocycles. The zero-order valence-electron chi connectivity index (χ0n) is 7.88. The monoisotopic (exact) mass is 163 g/mol. The molecule has 0 saturated heterocycles. The quantitative estimate of drug-likeness (QED) is 0.728. The van der Waals surface area contributed by atoms with E-state index in [2.05, 4.69) is 38.1 Å². The highest BCUT2D eigenvalue weighted by Gasteiger charge is 2.02. The van der Waals surface area contributed by atoms with Crippen molar-refractivity contribution >= 4 is 0 Å². The second kappa shape index (κ2) is 4.27. The van der Waals surface area contributed by atoms with Crippen LogP contribution in [0.2, 0.25) is 0 Å². The van der Waals surface area contributed by atoms with Crippen LogP contribution in [0.15, 0.2) is 24.3 Å². The molecule has 0 radical (unpaired) electrons.